The van der Waals surface area contributed by atoms with Gasteiger partial charge in [0.15, 0.2) is 11.6 Å². The molecule has 8 heteroatoms. The van der Waals surface area contributed by atoms with E-state index in [2.05, 4.69) is 10.3 Å². The Kier molecular flexibility index (Phi) is 3.71. The van der Waals surface area contributed by atoms with E-state index in [1.807, 2.05) is 0 Å². The standard InChI is InChI=1S/C13H10F5N3/c1-6-11(5-9(15)12(19)20-6)21-10-3-2-7(14)4-8(10)13(16,17)18/h2-5,21H,1H3,(H2,19,20). The van der Waals surface area contributed by atoms with Crippen LogP contribution in [-0.4, -0.2) is 4.98 Å². The summed E-state index contributed by atoms with van der Waals surface area (Å²) >= 11 is 0. The maximum Gasteiger partial charge on any atom is 0.418 e. The summed E-state index contributed by atoms with van der Waals surface area (Å²) in [6.45, 7) is 1.45. The van der Waals surface area contributed by atoms with Gasteiger partial charge in [-0.1, -0.05) is 0 Å². The van der Waals surface area contributed by atoms with Crippen molar-refractivity contribution in [1.29, 1.82) is 0 Å². The third kappa shape index (κ3) is 3.21. The van der Waals surface area contributed by atoms with E-state index in [1.54, 1.807) is 0 Å². The number of anilines is 3. The first-order valence-corrected chi connectivity index (χ1v) is 5.75. The average Bonchev–Trinajstić information content (AvgIpc) is 2.36. The highest BCUT2D eigenvalue weighted by Crippen LogP contribution is 2.37. The number of nitrogens with one attached hydrogen (secondary N) is 1. The minimum atomic E-state index is -4.75. The molecule has 0 saturated carbocycles. The lowest BCUT2D eigenvalue weighted by atomic mass is 10.1. The van der Waals surface area contributed by atoms with Crippen LogP contribution in [0.25, 0.3) is 0 Å². The maximum absolute atomic E-state index is 13.4. The number of rotatable bonds is 2. The number of nitrogens with two attached hydrogens (primary N) is 1. The van der Waals surface area contributed by atoms with Gasteiger partial charge in [0.1, 0.15) is 5.82 Å². The minimum absolute atomic E-state index is 0.0128. The van der Waals surface area contributed by atoms with Crippen LogP contribution in [-0.2, 0) is 6.18 Å². The Labute approximate surface area is 116 Å². The Bertz CT molecular complexity index is 682. The topological polar surface area (TPSA) is 50.9 Å². The van der Waals surface area contributed by atoms with Gasteiger partial charge in [0.05, 0.1) is 22.6 Å². The fourth-order valence-corrected chi connectivity index (χ4v) is 1.73. The normalized spacial score (nSPS) is 11.5. The molecule has 3 N–H and O–H groups in total. The third-order valence-electron chi connectivity index (χ3n) is 2.75. The summed E-state index contributed by atoms with van der Waals surface area (Å²) in [6, 6.07) is 3.08. The van der Waals surface area contributed by atoms with Crippen LogP contribution in [0.15, 0.2) is 24.3 Å². The van der Waals surface area contributed by atoms with Crippen molar-refractivity contribution in [2.45, 2.75) is 13.1 Å². The second-order valence-electron chi connectivity index (χ2n) is 4.30. The second-order valence-corrected chi connectivity index (χ2v) is 4.30. The van der Waals surface area contributed by atoms with Crippen LogP contribution < -0.4 is 11.1 Å². The Hall–Kier alpha value is -2.38. The van der Waals surface area contributed by atoms with Crippen molar-refractivity contribution in [1.82, 2.24) is 4.98 Å². The van der Waals surface area contributed by atoms with Gasteiger partial charge < -0.3 is 11.1 Å². The highest BCUT2D eigenvalue weighted by Gasteiger charge is 2.34. The van der Waals surface area contributed by atoms with Crippen LogP contribution in [0.2, 0.25) is 0 Å². The summed E-state index contributed by atoms with van der Waals surface area (Å²) in [5, 5.41) is 2.40. The first-order chi connectivity index (χ1) is 9.68. The molecule has 1 aromatic carbocycles. The van der Waals surface area contributed by atoms with Crippen molar-refractivity contribution < 1.29 is 22.0 Å². The molecule has 0 aliphatic rings. The van der Waals surface area contributed by atoms with Crippen molar-refractivity contribution in [3.63, 3.8) is 0 Å². The van der Waals surface area contributed by atoms with Crippen LogP contribution in [0.4, 0.5) is 39.1 Å². The van der Waals surface area contributed by atoms with E-state index in [-0.39, 0.29) is 17.2 Å². The SMILES string of the molecule is Cc1nc(N)c(F)cc1Nc1ccc(F)cc1C(F)(F)F. The summed E-state index contributed by atoms with van der Waals surface area (Å²) < 4.78 is 64.9. The quantitative estimate of drug-likeness (QED) is 0.824. The number of aromatic nitrogens is 1. The van der Waals surface area contributed by atoms with Gasteiger partial charge in [-0.15, -0.1) is 0 Å². The molecule has 0 fully saturated rings. The van der Waals surface area contributed by atoms with E-state index in [1.165, 1.54) is 6.92 Å². The van der Waals surface area contributed by atoms with Crippen molar-refractivity contribution in [3.8, 4) is 0 Å². The predicted octanol–water partition coefficient (Wildman–Crippen LogP) is 4.01. The van der Waals surface area contributed by atoms with Gasteiger partial charge in [0.25, 0.3) is 0 Å². The molecule has 2 rings (SSSR count). The molecule has 21 heavy (non-hydrogen) atoms. The third-order valence-corrected chi connectivity index (χ3v) is 2.75. The molecular formula is C13H10F5N3. The number of benzene rings is 1. The molecule has 0 amide bonds. The molecular weight excluding hydrogens is 293 g/mol. The molecule has 112 valence electrons. The summed E-state index contributed by atoms with van der Waals surface area (Å²) in [5.74, 6) is -2.24. The Balaban J connectivity index is 2.47. The Morgan fingerprint density at radius 1 is 1.10 bits per heavy atom. The van der Waals surface area contributed by atoms with Gasteiger partial charge in [0.2, 0.25) is 0 Å². The smallest absolute Gasteiger partial charge is 0.381 e. The van der Waals surface area contributed by atoms with E-state index in [0.717, 1.165) is 18.2 Å². The summed E-state index contributed by atoms with van der Waals surface area (Å²) in [7, 11) is 0. The van der Waals surface area contributed by atoms with Gasteiger partial charge in [-0.3, -0.25) is 0 Å². The van der Waals surface area contributed by atoms with E-state index < -0.39 is 29.1 Å². The second kappa shape index (κ2) is 5.19. The fourth-order valence-electron chi connectivity index (χ4n) is 1.73. The number of hydrogen-bond donors (Lipinski definition) is 2. The predicted molar refractivity (Wildman–Crippen MR) is 68.0 cm³/mol. The van der Waals surface area contributed by atoms with Gasteiger partial charge >= 0.3 is 6.18 Å². The zero-order chi connectivity index (χ0) is 15.8. The van der Waals surface area contributed by atoms with E-state index in [0.29, 0.717) is 6.07 Å². The van der Waals surface area contributed by atoms with Gasteiger partial charge in [0, 0.05) is 6.07 Å². The van der Waals surface area contributed by atoms with Gasteiger partial charge in [-0.05, 0) is 25.1 Å². The molecule has 0 aliphatic carbocycles. The lowest BCUT2D eigenvalue weighted by Gasteiger charge is -2.16. The monoisotopic (exact) mass is 303 g/mol. The first-order valence-electron chi connectivity index (χ1n) is 5.75. The lowest BCUT2D eigenvalue weighted by molar-refractivity contribution is -0.137. The summed E-state index contributed by atoms with van der Waals surface area (Å²) in [6.07, 6.45) is -4.75. The number of hydrogen-bond acceptors (Lipinski definition) is 3. The molecule has 1 aromatic heterocycles. The average molecular weight is 303 g/mol. The van der Waals surface area contributed by atoms with Crippen molar-refractivity contribution in [3.05, 3.63) is 47.2 Å². The molecule has 0 radical (unpaired) electrons. The molecule has 0 aliphatic heterocycles. The fraction of sp³-hybridized carbons (Fsp3) is 0.154. The largest absolute Gasteiger partial charge is 0.418 e. The minimum Gasteiger partial charge on any atom is -0.381 e. The summed E-state index contributed by atoms with van der Waals surface area (Å²) in [4.78, 5) is 3.66. The number of alkyl halides is 3. The number of aryl methyl sites for hydroxylation is 1. The molecule has 0 spiro atoms. The van der Waals surface area contributed by atoms with Crippen LogP contribution in [0.1, 0.15) is 11.3 Å². The molecule has 0 bridgehead atoms. The molecule has 2 aromatic rings. The van der Waals surface area contributed by atoms with Crippen LogP contribution in [0, 0.1) is 18.6 Å². The van der Waals surface area contributed by atoms with Gasteiger partial charge in [-0.2, -0.15) is 13.2 Å². The number of pyridine rings is 1. The Morgan fingerprint density at radius 3 is 2.38 bits per heavy atom. The van der Waals surface area contributed by atoms with Crippen LogP contribution >= 0.6 is 0 Å². The zero-order valence-electron chi connectivity index (χ0n) is 10.7. The summed E-state index contributed by atoms with van der Waals surface area (Å²) in [5.41, 5.74) is 3.89. The van der Waals surface area contributed by atoms with E-state index in [4.69, 9.17) is 5.73 Å². The van der Waals surface area contributed by atoms with E-state index >= 15 is 0 Å². The van der Waals surface area contributed by atoms with Crippen LogP contribution in [0.5, 0.6) is 0 Å². The maximum atomic E-state index is 13.4. The molecule has 1 heterocycles. The lowest BCUT2D eigenvalue weighted by Crippen LogP contribution is -2.10. The highest BCUT2D eigenvalue weighted by molar-refractivity contribution is 5.66. The highest BCUT2D eigenvalue weighted by atomic mass is 19.4. The molecule has 0 saturated heterocycles. The van der Waals surface area contributed by atoms with Crippen LogP contribution in [0.3, 0.4) is 0 Å². The van der Waals surface area contributed by atoms with Crippen molar-refractivity contribution in [2.75, 3.05) is 11.1 Å². The first kappa shape index (κ1) is 15.0. The zero-order valence-corrected chi connectivity index (χ0v) is 10.7. The van der Waals surface area contributed by atoms with Crippen molar-refractivity contribution in [2.24, 2.45) is 0 Å². The number of nitrogen functional groups attached to an aromatic ring is 1. The number of nitrogens with zero attached hydrogens (tertiary/aromatic N) is 1. The van der Waals surface area contributed by atoms with Gasteiger partial charge in [-0.25, -0.2) is 13.8 Å². The number of halogens is 5. The van der Waals surface area contributed by atoms with Crippen molar-refractivity contribution >= 4 is 17.2 Å². The molecule has 3 nitrogen and oxygen atoms in total. The molecule has 0 unspecified atom stereocenters. The molecule has 0 atom stereocenters. The van der Waals surface area contributed by atoms with E-state index in [9.17, 15) is 22.0 Å². The Morgan fingerprint density at radius 2 is 1.76 bits per heavy atom.